The van der Waals surface area contributed by atoms with Crippen molar-refractivity contribution in [1.82, 2.24) is 15.4 Å². The summed E-state index contributed by atoms with van der Waals surface area (Å²) in [7, 11) is 0. The third kappa shape index (κ3) is 2.89. The zero-order valence-corrected chi connectivity index (χ0v) is 15.5. The highest BCUT2D eigenvalue weighted by molar-refractivity contribution is 6.00. The van der Waals surface area contributed by atoms with Crippen LogP contribution in [0.1, 0.15) is 74.3 Å². The van der Waals surface area contributed by atoms with Gasteiger partial charge >= 0.3 is 0 Å². The van der Waals surface area contributed by atoms with Crippen LogP contribution >= 0.6 is 0 Å². The molecule has 0 bridgehead atoms. The van der Waals surface area contributed by atoms with Gasteiger partial charge in [0.15, 0.2) is 11.6 Å². The number of benzene rings is 1. The standard InChI is InChI=1S/C22H21N3O3/c26-18-7-4-8-20-22(18)16(25-28-20)10-9-15-21-17(24-23-15)11-14(12-19(21)27)13-5-2-1-3-6-13/h1-3,5-6,14H,4,7-12H2,(H,23,24). The minimum Gasteiger partial charge on any atom is -0.360 e. The van der Waals surface area contributed by atoms with E-state index in [0.29, 0.717) is 42.7 Å². The van der Waals surface area contributed by atoms with E-state index in [9.17, 15) is 9.59 Å². The molecule has 1 atom stereocenters. The molecule has 2 heterocycles. The van der Waals surface area contributed by atoms with Gasteiger partial charge in [0.2, 0.25) is 0 Å². The highest BCUT2D eigenvalue weighted by atomic mass is 16.5. The number of fused-ring (bicyclic) bond motifs is 2. The zero-order valence-electron chi connectivity index (χ0n) is 15.5. The van der Waals surface area contributed by atoms with Crippen LogP contribution in [0, 0.1) is 0 Å². The van der Waals surface area contributed by atoms with E-state index in [1.807, 2.05) is 18.2 Å². The fourth-order valence-electron chi connectivity index (χ4n) is 4.48. The number of H-pyrrole nitrogens is 1. The molecule has 0 amide bonds. The average Bonchev–Trinajstić information content (AvgIpc) is 3.32. The lowest BCUT2D eigenvalue weighted by Gasteiger charge is -2.21. The first kappa shape index (κ1) is 17.1. The summed E-state index contributed by atoms with van der Waals surface area (Å²) in [6, 6.07) is 10.2. The molecule has 6 nitrogen and oxygen atoms in total. The average molecular weight is 375 g/mol. The van der Waals surface area contributed by atoms with E-state index in [0.717, 1.165) is 36.2 Å². The van der Waals surface area contributed by atoms with Gasteiger partial charge in [0.1, 0.15) is 5.76 Å². The first-order valence-corrected chi connectivity index (χ1v) is 9.85. The van der Waals surface area contributed by atoms with Crippen LogP contribution in [0.5, 0.6) is 0 Å². The van der Waals surface area contributed by atoms with Crippen LogP contribution < -0.4 is 0 Å². The van der Waals surface area contributed by atoms with E-state index >= 15 is 0 Å². The second-order valence-corrected chi connectivity index (χ2v) is 7.67. The number of Topliss-reactive ketones (excluding diaryl/α,β-unsaturated/α-hetero) is 2. The van der Waals surface area contributed by atoms with Crippen molar-refractivity contribution in [2.24, 2.45) is 0 Å². The molecule has 6 heteroatoms. The third-order valence-corrected chi connectivity index (χ3v) is 5.87. The van der Waals surface area contributed by atoms with Crippen LogP contribution in [-0.2, 0) is 25.7 Å². The van der Waals surface area contributed by atoms with Gasteiger partial charge in [-0.15, -0.1) is 0 Å². The number of hydrogen-bond acceptors (Lipinski definition) is 5. The van der Waals surface area contributed by atoms with Crippen molar-refractivity contribution < 1.29 is 14.1 Å². The van der Waals surface area contributed by atoms with Crippen molar-refractivity contribution in [3.05, 3.63) is 69.9 Å². The van der Waals surface area contributed by atoms with Gasteiger partial charge < -0.3 is 4.52 Å². The van der Waals surface area contributed by atoms with Crippen LogP contribution in [-0.4, -0.2) is 26.9 Å². The van der Waals surface area contributed by atoms with Crippen molar-refractivity contribution in [3.8, 4) is 0 Å². The van der Waals surface area contributed by atoms with E-state index in [-0.39, 0.29) is 17.5 Å². The third-order valence-electron chi connectivity index (χ3n) is 5.87. The summed E-state index contributed by atoms with van der Waals surface area (Å²) in [5.74, 6) is 1.15. The lowest BCUT2D eigenvalue weighted by atomic mass is 9.81. The van der Waals surface area contributed by atoms with Gasteiger partial charge in [0, 0.05) is 25.0 Å². The summed E-state index contributed by atoms with van der Waals surface area (Å²) in [5, 5.41) is 11.6. The van der Waals surface area contributed by atoms with Crippen LogP contribution in [0.15, 0.2) is 34.9 Å². The Kier molecular flexibility index (Phi) is 4.19. The maximum absolute atomic E-state index is 12.8. The molecule has 1 unspecified atom stereocenters. The fourth-order valence-corrected chi connectivity index (χ4v) is 4.48. The molecular formula is C22H21N3O3. The first-order valence-electron chi connectivity index (χ1n) is 9.85. The van der Waals surface area contributed by atoms with Crippen LogP contribution in [0.25, 0.3) is 0 Å². The van der Waals surface area contributed by atoms with Crippen molar-refractivity contribution in [2.45, 2.75) is 50.9 Å². The van der Waals surface area contributed by atoms with Crippen molar-refractivity contribution in [2.75, 3.05) is 0 Å². The predicted octanol–water partition coefficient (Wildman–Crippen LogP) is 3.61. The molecule has 0 radical (unpaired) electrons. The minimum absolute atomic E-state index is 0.114. The maximum atomic E-state index is 12.8. The molecular weight excluding hydrogens is 354 g/mol. The van der Waals surface area contributed by atoms with Gasteiger partial charge in [0.25, 0.3) is 0 Å². The van der Waals surface area contributed by atoms with Crippen LogP contribution in [0.2, 0.25) is 0 Å². The largest absolute Gasteiger partial charge is 0.360 e. The Morgan fingerprint density at radius 1 is 0.964 bits per heavy atom. The van der Waals surface area contributed by atoms with E-state index in [1.165, 1.54) is 5.56 Å². The lowest BCUT2D eigenvalue weighted by molar-refractivity contribution is 0.0956. The Morgan fingerprint density at radius 2 is 1.79 bits per heavy atom. The molecule has 0 fully saturated rings. The summed E-state index contributed by atoms with van der Waals surface area (Å²) in [4.78, 5) is 25.1. The number of aryl methyl sites for hydroxylation is 3. The number of nitrogens with one attached hydrogen (secondary N) is 1. The Bertz CT molecular complexity index is 1050. The van der Waals surface area contributed by atoms with E-state index < -0.39 is 0 Å². The number of carbonyl (C=O) groups excluding carboxylic acids is 2. The van der Waals surface area contributed by atoms with Crippen molar-refractivity contribution in [1.29, 1.82) is 0 Å². The van der Waals surface area contributed by atoms with Gasteiger partial charge in [-0.3, -0.25) is 14.7 Å². The molecule has 142 valence electrons. The van der Waals surface area contributed by atoms with E-state index in [4.69, 9.17) is 4.52 Å². The molecule has 0 spiro atoms. The highest BCUT2D eigenvalue weighted by Crippen LogP contribution is 2.33. The Balaban J connectivity index is 1.36. The van der Waals surface area contributed by atoms with E-state index in [1.54, 1.807) is 0 Å². The molecule has 2 aromatic heterocycles. The molecule has 3 aromatic rings. The zero-order chi connectivity index (χ0) is 19.1. The molecule has 28 heavy (non-hydrogen) atoms. The number of aromatic nitrogens is 3. The minimum atomic E-state index is 0.114. The monoisotopic (exact) mass is 375 g/mol. The number of nitrogens with zero attached hydrogens (tertiary/aromatic N) is 2. The molecule has 0 saturated heterocycles. The van der Waals surface area contributed by atoms with Gasteiger partial charge in [-0.05, 0) is 37.2 Å². The Morgan fingerprint density at radius 3 is 2.64 bits per heavy atom. The quantitative estimate of drug-likeness (QED) is 0.752. The summed E-state index contributed by atoms with van der Waals surface area (Å²) in [6.45, 7) is 0. The van der Waals surface area contributed by atoms with Gasteiger partial charge in [-0.2, -0.15) is 5.10 Å². The number of ketones is 2. The van der Waals surface area contributed by atoms with Gasteiger partial charge in [-0.1, -0.05) is 35.5 Å². The summed E-state index contributed by atoms with van der Waals surface area (Å²) >= 11 is 0. The maximum Gasteiger partial charge on any atom is 0.168 e. The fraction of sp³-hybridized carbons (Fsp3) is 0.364. The molecule has 1 aromatic carbocycles. The number of rotatable bonds is 4. The second kappa shape index (κ2) is 6.86. The topological polar surface area (TPSA) is 88.8 Å². The normalized spacial score (nSPS) is 18.8. The lowest BCUT2D eigenvalue weighted by Crippen LogP contribution is -2.19. The molecule has 0 aliphatic heterocycles. The number of hydrogen-bond donors (Lipinski definition) is 1. The smallest absolute Gasteiger partial charge is 0.168 e. The van der Waals surface area contributed by atoms with Gasteiger partial charge in [0.05, 0.1) is 22.5 Å². The summed E-state index contributed by atoms with van der Waals surface area (Å²) in [5.41, 5.74) is 4.96. The predicted molar refractivity (Wildman–Crippen MR) is 102 cm³/mol. The number of carbonyl (C=O) groups is 2. The van der Waals surface area contributed by atoms with Crippen LogP contribution in [0.3, 0.4) is 0 Å². The van der Waals surface area contributed by atoms with E-state index in [2.05, 4.69) is 27.5 Å². The van der Waals surface area contributed by atoms with Crippen LogP contribution in [0.4, 0.5) is 0 Å². The molecule has 1 N–H and O–H groups in total. The molecule has 2 aliphatic rings. The van der Waals surface area contributed by atoms with Crippen molar-refractivity contribution in [3.63, 3.8) is 0 Å². The molecule has 0 saturated carbocycles. The first-order chi connectivity index (χ1) is 13.7. The summed E-state index contributed by atoms with van der Waals surface area (Å²) < 4.78 is 5.36. The SMILES string of the molecule is O=C1CC(c2ccccc2)Cc2[nH]nc(CCc3noc4c3C(=O)CCC4)c21. The Labute approximate surface area is 162 Å². The Hall–Kier alpha value is -3.02. The number of aromatic amines is 1. The van der Waals surface area contributed by atoms with Crippen molar-refractivity contribution >= 4 is 11.6 Å². The highest BCUT2D eigenvalue weighted by Gasteiger charge is 2.31. The molecule has 2 aliphatic carbocycles. The second-order valence-electron chi connectivity index (χ2n) is 7.67. The summed E-state index contributed by atoms with van der Waals surface area (Å²) in [6.07, 6.45) is 4.56. The van der Waals surface area contributed by atoms with Gasteiger partial charge in [-0.25, -0.2) is 0 Å². The molecule has 5 rings (SSSR count).